The Hall–Kier alpha value is -2.58. The predicted octanol–water partition coefficient (Wildman–Crippen LogP) is 5.70. The van der Waals surface area contributed by atoms with Crippen LogP contribution < -0.4 is 0 Å². The summed E-state index contributed by atoms with van der Waals surface area (Å²) in [7, 11) is 1.81. The molecule has 0 N–H and O–H groups in total. The second-order valence-electron chi connectivity index (χ2n) is 10.00. The molecule has 0 aliphatic carbocycles. The van der Waals surface area contributed by atoms with Gasteiger partial charge in [0, 0.05) is 70.7 Å². The monoisotopic (exact) mass is 585 g/mol. The van der Waals surface area contributed by atoms with E-state index in [1.54, 1.807) is 17.0 Å². The summed E-state index contributed by atoms with van der Waals surface area (Å²) in [5.74, 6) is -1.46. The molecule has 0 spiro atoms. The van der Waals surface area contributed by atoms with Crippen LogP contribution in [0.3, 0.4) is 0 Å². The number of hydrogen-bond donors (Lipinski definition) is 0. The summed E-state index contributed by atoms with van der Waals surface area (Å²) in [4.78, 5) is 21.2. The second-order valence-corrected chi connectivity index (χ2v) is 10.8. The van der Waals surface area contributed by atoms with Gasteiger partial charge in [0.25, 0.3) is 0 Å². The minimum Gasteiger partial charge on any atom is -0.322 e. The topological polar surface area (TPSA) is 53.8 Å². The van der Waals surface area contributed by atoms with Crippen molar-refractivity contribution in [3.05, 3.63) is 69.0 Å². The number of likely N-dealkylation sites (tertiary alicyclic amines) is 1. The van der Waals surface area contributed by atoms with Gasteiger partial charge in [0.2, 0.25) is 0 Å². The van der Waals surface area contributed by atoms with Gasteiger partial charge in [0.1, 0.15) is 5.82 Å². The molecule has 4 rings (SSSR count). The maximum atomic E-state index is 14.2. The van der Waals surface area contributed by atoms with Crippen LogP contribution in [0.4, 0.5) is 22.4 Å². The van der Waals surface area contributed by atoms with Crippen molar-refractivity contribution in [3.8, 4) is 6.07 Å². The fraction of sp³-hybridized carbons (Fsp3) is 0.481. The quantitative estimate of drug-likeness (QED) is 0.408. The van der Waals surface area contributed by atoms with Crippen molar-refractivity contribution in [2.24, 2.45) is 0 Å². The molecule has 2 fully saturated rings. The Bertz CT molecular complexity index is 1230. The molecule has 210 valence electrons. The first-order valence-electron chi connectivity index (χ1n) is 12.6. The van der Waals surface area contributed by atoms with E-state index in [2.05, 4.69) is 11.0 Å². The molecule has 2 aromatic carbocycles. The Morgan fingerprint density at radius 3 is 2.38 bits per heavy atom. The first-order chi connectivity index (χ1) is 18.5. The Morgan fingerprint density at radius 2 is 1.77 bits per heavy atom. The van der Waals surface area contributed by atoms with Gasteiger partial charge in [-0.05, 0) is 42.4 Å². The number of likely N-dealkylation sites (N-methyl/N-ethyl adjacent to an activating group) is 1. The normalized spacial score (nSPS) is 20.5. The van der Waals surface area contributed by atoms with Gasteiger partial charge in [-0.3, -0.25) is 9.80 Å². The fourth-order valence-electron chi connectivity index (χ4n) is 5.32. The van der Waals surface area contributed by atoms with Gasteiger partial charge in [0.15, 0.2) is 0 Å². The summed E-state index contributed by atoms with van der Waals surface area (Å²) in [6, 6.07) is 10.1. The summed E-state index contributed by atoms with van der Waals surface area (Å²) in [5.41, 5.74) is -0.0152. The molecular weight excluding hydrogens is 557 g/mol. The second kappa shape index (κ2) is 12.3. The van der Waals surface area contributed by atoms with E-state index in [-0.39, 0.29) is 24.5 Å². The number of hydrogen-bond acceptors (Lipinski definition) is 4. The molecule has 0 unspecified atom stereocenters. The third-order valence-electron chi connectivity index (χ3n) is 7.45. The van der Waals surface area contributed by atoms with Crippen molar-refractivity contribution in [1.29, 1.82) is 5.26 Å². The van der Waals surface area contributed by atoms with Gasteiger partial charge < -0.3 is 9.80 Å². The number of nitrogens with zero attached hydrogens (tertiary/aromatic N) is 5. The van der Waals surface area contributed by atoms with Crippen molar-refractivity contribution >= 4 is 29.2 Å². The van der Waals surface area contributed by atoms with Gasteiger partial charge in [-0.25, -0.2) is 9.18 Å². The zero-order valence-corrected chi connectivity index (χ0v) is 22.9. The van der Waals surface area contributed by atoms with Crippen molar-refractivity contribution in [2.45, 2.75) is 31.1 Å². The minimum absolute atomic E-state index is 0.0866. The van der Waals surface area contributed by atoms with Gasteiger partial charge in [-0.15, -0.1) is 0 Å². The Kier molecular flexibility index (Phi) is 9.27. The van der Waals surface area contributed by atoms with Crippen LogP contribution in [0.15, 0.2) is 36.4 Å². The molecule has 6 nitrogen and oxygen atoms in total. The van der Waals surface area contributed by atoms with Crippen molar-refractivity contribution in [3.63, 3.8) is 0 Å². The molecule has 2 atom stereocenters. The number of carbonyl (C=O) groups is 1. The first kappa shape index (κ1) is 29.4. The Balaban J connectivity index is 1.51. The summed E-state index contributed by atoms with van der Waals surface area (Å²) < 4.78 is 53.3. The molecule has 2 aliphatic rings. The lowest BCUT2D eigenvalue weighted by molar-refractivity contribution is -0.140. The summed E-state index contributed by atoms with van der Waals surface area (Å²) in [6.45, 7) is 4.18. The smallest absolute Gasteiger partial charge is 0.322 e. The zero-order chi connectivity index (χ0) is 28.3. The lowest BCUT2D eigenvalue weighted by Gasteiger charge is -2.36. The highest BCUT2D eigenvalue weighted by Crippen LogP contribution is 2.36. The number of carbonyl (C=O) groups excluding carboxylic acids is 1. The molecule has 0 radical (unpaired) electrons. The van der Waals surface area contributed by atoms with Gasteiger partial charge in [0.05, 0.1) is 21.7 Å². The van der Waals surface area contributed by atoms with E-state index in [1.165, 1.54) is 6.07 Å². The van der Waals surface area contributed by atoms with Crippen LogP contribution in [-0.4, -0.2) is 84.5 Å². The van der Waals surface area contributed by atoms with E-state index in [9.17, 15) is 22.4 Å². The van der Waals surface area contributed by atoms with Crippen LogP contribution in [0.2, 0.25) is 10.0 Å². The highest BCUT2D eigenvalue weighted by atomic mass is 35.5. The highest BCUT2D eigenvalue weighted by molar-refractivity contribution is 6.42. The van der Waals surface area contributed by atoms with Crippen molar-refractivity contribution < 1.29 is 22.4 Å². The van der Waals surface area contributed by atoms with Crippen LogP contribution in [0.25, 0.3) is 0 Å². The van der Waals surface area contributed by atoms with E-state index in [4.69, 9.17) is 28.5 Å². The van der Waals surface area contributed by atoms with Crippen LogP contribution >= 0.6 is 23.2 Å². The average molecular weight is 586 g/mol. The number of alkyl halides is 3. The van der Waals surface area contributed by atoms with E-state index < -0.39 is 17.6 Å². The van der Waals surface area contributed by atoms with Crippen LogP contribution in [-0.2, 0) is 12.7 Å². The molecule has 2 aromatic rings. The molecule has 12 heteroatoms. The minimum atomic E-state index is -4.76. The largest absolute Gasteiger partial charge is 0.419 e. The maximum absolute atomic E-state index is 14.2. The third kappa shape index (κ3) is 6.95. The summed E-state index contributed by atoms with van der Waals surface area (Å²) in [6.07, 6.45) is -4.32. The lowest BCUT2D eigenvalue weighted by Crippen LogP contribution is -2.52. The Morgan fingerprint density at radius 1 is 1.05 bits per heavy atom. The van der Waals surface area contributed by atoms with Crippen molar-refractivity contribution in [2.75, 3.05) is 52.9 Å². The zero-order valence-electron chi connectivity index (χ0n) is 21.4. The van der Waals surface area contributed by atoms with Crippen LogP contribution in [0, 0.1) is 17.1 Å². The highest BCUT2D eigenvalue weighted by Gasteiger charge is 2.40. The maximum Gasteiger partial charge on any atom is 0.419 e. The molecule has 2 amide bonds. The number of amides is 2. The molecule has 0 saturated carbocycles. The van der Waals surface area contributed by atoms with Gasteiger partial charge >= 0.3 is 12.2 Å². The molecular formula is C27H29Cl2F4N5O. The summed E-state index contributed by atoms with van der Waals surface area (Å²) >= 11 is 12.4. The molecule has 39 heavy (non-hydrogen) atoms. The Labute approximate surface area is 235 Å². The van der Waals surface area contributed by atoms with E-state index >= 15 is 0 Å². The third-order valence-corrected chi connectivity index (χ3v) is 8.19. The number of urea groups is 1. The van der Waals surface area contributed by atoms with Crippen LogP contribution in [0.5, 0.6) is 0 Å². The van der Waals surface area contributed by atoms with E-state index in [0.29, 0.717) is 67.8 Å². The number of rotatable bonds is 6. The SMILES string of the molecule is CN(Cc1ccc(C(F)(F)F)c(F)c1)[C@@H]1CN(C(=O)N2CCN(CCC#N)CC2)C[C@@H]1c1ccc(Cl)c(Cl)c1. The number of benzene rings is 2. The van der Waals surface area contributed by atoms with Crippen LogP contribution in [0.1, 0.15) is 29.0 Å². The molecule has 2 heterocycles. The standard InChI is InChI=1S/C27H29Cl2F4N5O/c1-35(15-18-3-5-21(24(30)13-18)27(31,32)33)25-17-38(16-20(25)19-4-6-22(28)23(29)14-19)26(39)37-11-9-36(10-12-37)8-2-7-34/h3-6,13-14,20,25H,2,8-12,15-17H2,1H3/t20-,25-/m1/s1. The number of piperazine rings is 1. The van der Waals surface area contributed by atoms with Crippen molar-refractivity contribution in [1.82, 2.24) is 19.6 Å². The predicted molar refractivity (Wildman–Crippen MR) is 141 cm³/mol. The number of halogens is 6. The molecule has 2 aliphatic heterocycles. The van der Waals surface area contributed by atoms with Gasteiger partial charge in [-0.2, -0.15) is 18.4 Å². The van der Waals surface area contributed by atoms with Gasteiger partial charge in [-0.1, -0.05) is 35.3 Å². The first-order valence-corrected chi connectivity index (χ1v) is 13.4. The molecule has 2 saturated heterocycles. The van der Waals surface area contributed by atoms with E-state index in [0.717, 1.165) is 17.7 Å². The summed E-state index contributed by atoms with van der Waals surface area (Å²) in [5, 5.41) is 9.62. The van der Waals surface area contributed by atoms with E-state index in [1.807, 2.05) is 22.9 Å². The average Bonchev–Trinajstić information content (AvgIpc) is 3.34. The number of nitriles is 1. The molecule has 0 bridgehead atoms. The lowest BCUT2D eigenvalue weighted by atomic mass is 9.93. The fourth-order valence-corrected chi connectivity index (χ4v) is 5.63. The molecule has 0 aromatic heterocycles.